The summed E-state index contributed by atoms with van der Waals surface area (Å²) in [4.78, 5) is 0. The summed E-state index contributed by atoms with van der Waals surface area (Å²) >= 11 is 0. The lowest BCUT2D eigenvalue weighted by molar-refractivity contribution is 0.0135. The molecule has 3 aromatic carbocycles. The van der Waals surface area contributed by atoms with Crippen LogP contribution in [0.5, 0.6) is 11.5 Å². The van der Waals surface area contributed by atoms with Crippen molar-refractivity contribution in [2.45, 2.75) is 6.61 Å². The largest absolute Gasteiger partial charge is 0.491 e. The minimum Gasteiger partial charge on any atom is -0.491 e. The van der Waals surface area contributed by atoms with Gasteiger partial charge in [0, 0.05) is 0 Å². The monoisotopic (exact) mass is 447 g/mol. The van der Waals surface area contributed by atoms with Crippen LogP contribution in [0, 0.1) is 11.3 Å². The van der Waals surface area contributed by atoms with Crippen molar-refractivity contribution >= 4 is 10.8 Å². The first-order valence-electron chi connectivity index (χ1n) is 10.9. The van der Waals surface area contributed by atoms with Crippen LogP contribution >= 0.6 is 0 Å². The minimum absolute atomic E-state index is 0.462. The predicted molar refractivity (Wildman–Crippen MR) is 128 cm³/mol. The van der Waals surface area contributed by atoms with Crippen molar-refractivity contribution in [1.29, 1.82) is 5.26 Å². The molecule has 6 nitrogen and oxygen atoms in total. The van der Waals surface area contributed by atoms with E-state index in [4.69, 9.17) is 28.9 Å². The van der Waals surface area contributed by atoms with Crippen LogP contribution in [0.1, 0.15) is 11.1 Å². The van der Waals surface area contributed by atoms with Gasteiger partial charge < -0.3 is 23.7 Å². The van der Waals surface area contributed by atoms with Gasteiger partial charge in [0.25, 0.3) is 0 Å². The molecule has 0 aliphatic heterocycles. The van der Waals surface area contributed by atoms with Crippen LogP contribution < -0.4 is 9.47 Å². The van der Waals surface area contributed by atoms with Gasteiger partial charge in [-0.2, -0.15) is 5.26 Å². The van der Waals surface area contributed by atoms with Gasteiger partial charge in [0.05, 0.1) is 51.3 Å². The van der Waals surface area contributed by atoms with Crippen LogP contribution in [-0.2, 0) is 20.8 Å². The molecular weight excluding hydrogens is 418 g/mol. The van der Waals surface area contributed by atoms with Gasteiger partial charge in [-0.15, -0.1) is 6.58 Å². The standard InChI is InChI=1S/C27H29NO5/c1-2-11-29-12-13-30-14-15-31-16-17-32-26-8-4-22(5-9-26)21-33-27-10-7-24-18-23(20-28)3-6-25(24)19-27/h2-10,18-19H,1,11-17,21H2. The molecule has 3 rings (SSSR count). The van der Waals surface area contributed by atoms with Gasteiger partial charge in [0.15, 0.2) is 0 Å². The van der Waals surface area contributed by atoms with Crippen molar-refractivity contribution in [2.75, 3.05) is 46.2 Å². The summed E-state index contributed by atoms with van der Waals surface area (Å²) in [6.07, 6.45) is 1.71. The highest BCUT2D eigenvalue weighted by atomic mass is 16.6. The molecule has 0 aromatic heterocycles. The fourth-order valence-electron chi connectivity index (χ4n) is 3.06. The molecule has 0 heterocycles. The maximum Gasteiger partial charge on any atom is 0.120 e. The third-order valence-corrected chi connectivity index (χ3v) is 4.75. The Hall–Kier alpha value is -3.37. The lowest BCUT2D eigenvalue weighted by Crippen LogP contribution is -2.12. The molecule has 0 amide bonds. The fraction of sp³-hybridized carbons (Fsp3) is 0.296. The first kappa shape index (κ1) is 24.3. The Morgan fingerprint density at radius 1 is 0.697 bits per heavy atom. The molecule has 0 saturated heterocycles. The van der Waals surface area contributed by atoms with E-state index in [1.165, 1.54) is 0 Å². The van der Waals surface area contributed by atoms with E-state index in [0.29, 0.717) is 58.4 Å². The molecule has 0 fully saturated rings. The van der Waals surface area contributed by atoms with Gasteiger partial charge in [0.1, 0.15) is 24.7 Å². The fourth-order valence-corrected chi connectivity index (χ4v) is 3.06. The van der Waals surface area contributed by atoms with Crippen molar-refractivity contribution in [3.63, 3.8) is 0 Å². The number of nitrogens with zero attached hydrogens (tertiary/aromatic N) is 1. The van der Waals surface area contributed by atoms with Gasteiger partial charge >= 0.3 is 0 Å². The molecular formula is C27H29NO5. The van der Waals surface area contributed by atoms with E-state index in [0.717, 1.165) is 27.8 Å². The summed E-state index contributed by atoms with van der Waals surface area (Å²) in [5.41, 5.74) is 1.70. The molecule has 6 heteroatoms. The van der Waals surface area contributed by atoms with Crippen molar-refractivity contribution < 1.29 is 23.7 Å². The number of fused-ring (bicyclic) bond motifs is 1. The van der Waals surface area contributed by atoms with E-state index >= 15 is 0 Å². The lowest BCUT2D eigenvalue weighted by atomic mass is 10.1. The van der Waals surface area contributed by atoms with Crippen molar-refractivity contribution in [1.82, 2.24) is 0 Å². The highest BCUT2D eigenvalue weighted by Gasteiger charge is 2.02. The number of rotatable bonds is 15. The Labute approximate surface area is 194 Å². The predicted octanol–water partition coefficient (Wildman–Crippen LogP) is 4.91. The summed E-state index contributed by atoms with van der Waals surface area (Å²) in [6.45, 7) is 7.73. The average molecular weight is 448 g/mol. The van der Waals surface area contributed by atoms with E-state index < -0.39 is 0 Å². The summed E-state index contributed by atoms with van der Waals surface area (Å²) < 4.78 is 27.7. The maximum absolute atomic E-state index is 9.01. The number of benzene rings is 3. The van der Waals surface area contributed by atoms with Gasteiger partial charge in [-0.05, 0) is 52.7 Å². The second-order valence-electron chi connectivity index (χ2n) is 7.20. The van der Waals surface area contributed by atoms with E-state index in [-0.39, 0.29) is 0 Å². The van der Waals surface area contributed by atoms with E-state index in [1.54, 1.807) is 6.08 Å². The zero-order valence-electron chi connectivity index (χ0n) is 18.7. The molecule has 0 spiro atoms. The van der Waals surface area contributed by atoms with Crippen LogP contribution in [0.25, 0.3) is 10.8 Å². The SMILES string of the molecule is C=CCOCCOCCOCCOc1ccc(COc2ccc3cc(C#N)ccc3c2)cc1. The Bertz CT molecular complexity index is 1040. The van der Waals surface area contributed by atoms with Crippen LogP contribution in [0.2, 0.25) is 0 Å². The Morgan fingerprint density at radius 2 is 1.33 bits per heavy atom. The van der Waals surface area contributed by atoms with Crippen LogP contribution in [0.4, 0.5) is 0 Å². The van der Waals surface area contributed by atoms with Crippen LogP contribution in [-0.4, -0.2) is 46.2 Å². The van der Waals surface area contributed by atoms with E-state index in [9.17, 15) is 0 Å². The molecule has 33 heavy (non-hydrogen) atoms. The summed E-state index contributed by atoms with van der Waals surface area (Å²) in [7, 11) is 0. The number of ether oxygens (including phenoxy) is 5. The smallest absolute Gasteiger partial charge is 0.120 e. The first-order valence-corrected chi connectivity index (χ1v) is 10.9. The third kappa shape index (κ3) is 8.59. The van der Waals surface area contributed by atoms with Crippen molar-refractivity contribution in [3.05, 3.63) is 84.4 Å². The van der Waals surface area contributed by atoms with Gasteiger partial charge in [-0.1, -0.05) is 30.3 Å². The van der Waals surface area contributed by atoms with Crippen molar-refractivity contribution in [2.24, 2.45) is 0 Å². The lowest BCUT2D eigenvalue weighted by Gasteiger charge is -2.10. The molecule has 0 aliphatic carbocycles. The topological polar surface area (TPSA) is 69.9 Å². The Kier molecular flexibility index (Phi) is 10.2. The minimum atomic E-state index is 0.462. The van der Waals surface area contributed by atoms with Gasteiger partial charge in [0.2, 0.25) is 0 Å². The Morgan fingerprint density at radius 3 is 2.06 bits per heavy atom. The molecule has 0 atom stereocenters. The maximum atomic E-state index is 9.01. The molecule has 0 N–H and O–H groups in total. The zero-order chi connectivity index (χ0) is 23.1. The first-order chi connectivity index (χ1) is 16.3. The summed E-state index contributed by atoms with van der Waals surface area (Å²) in [5.74, 6) is 1.58. The second kappa shape index (κ2) is 13.9. The normalized spacial score (nSPS) is 10.6. The van der Waals surface area contributed by atoms with E-state index in [1.807, 2.05) is 60.7 Å². The number of hydrogen-bond donors (Lipinski definition) is 0. The highest BCUT2D eigenvalue weighted by Crippen LogP contribution is 2.23. The van der Waals surface area contributed by atoms with Crippen LogP contribution in [0.3, 0.4) is 0 Å². The van der Waals surface area contributed by atoms with Crippen molar-refractivity contribution in [3.8, 4) is 17.6 Å². The second-order valence-corrected chi connectivity index (χ2v) is 7.20. The quantitative estimate of drug-likeness (QED) is 0.244. The third-order valence-electron chi connectivity index (χ3n) is 4.75. The van der Waals surface area contributed by atoms with Crippen LogP contribution in [0.15, 0.2) is 73.3 Å². The highest BCUT2D eigenvalue weighted by molar-refractivity contribution is 5.85. The van der Waals surface area contributed by atoms with E-state index in [2.05, 4.69) is 12.6 Å². The molecule has 0 radical (unpaired) electrons. The molecule has 0 bridgehead atoms. The number of nitriles is 1. The average Bonchev–Trinajstić information content (AvgIpc) is 2.86. The van der Waals surface area contributed by atoms with Gasteiger partial charge in [-0.3, -0.25) is 0 Å². The zero-order valence-corrected chi connectivity index (χ0v) is 18.7. The molecule has 0 aliphatic rings. The Balaban J connectivity index is 1.31. The number of hydrogen-bond acceptors (Lipinski definition) is 6. The summed E-state index contributed by atoms with van der Waals surface area (Å²) in [5, 5.41) is 11.1. The molecule has 172 valence electrons. The molecule has 3 aromatic rings. The summed E-state index contributed by atoms with van der Waals surface area (Å²) in [6, 6.07) is 21.5. The van der Waals surface area contributed by atoms with Gasteiger partial charge in [-0.25, -0.2) is 0 Å². The molecule has 0 saturated carbocycles. The molecule has 0 unspecified atom stereocenters.